The zero-order chi connectivity index (χ0) is 18.1. The standard InChI is InChI=1S/C21H21FN4/c1-14-19-9-15(10-23-11-16-12-24-26(2)13-16)3-8-20(19)25-21(14)17-4-6-18(22)7-5-17/h3-9,12-13,23,25H,10-11H2,1-2H3. The van der Waals surface area contributed by atoms with Gasteiger partial charge in [-0.25, -0.2) is 4.39 Å². The Bertz CT molecular complexity index is 1040. The van der Waals surface area contributed by atoms with Crippen molar-refractivity contribution < 1.29 is 4.39 Å². The summed E-state index contributed by atoms with van der Waals surface area (Å²) in [5.74, 6) is -0.218. The summed E-state index contributed by atoms with van der Waals surface area (Å²) in [5.41, 5.74) is 6.72. The minimum Gasteiger partial charge on any atom is -0.354 e. The van der Waals surface area contributed by atoms with Crippen molar-refractivity contribution in [1.82, 2.24) is 20.1 Å². The topological polar surface area (TPSA) is 45.6 Å². The molecule has 4 rings (SSSR count). The van der Waals surface area contributed by atoms with E-state index in [0.29, 0.717) is 0 Å². The average Bonchev–Trinajstić information content (AvgIpc) is 3.19. The van der Waals surface area contributed by atoms with Gasteiger partial charge in [0.1, 0.15) is 5.82 Å². The van der Waals surface area contributed by atoms with Crippen molar-refractivity contribution in [3.8, 4) is 11.3 Å². The van der Waals surface area contributed by atoms with Crippen LogP contribution in [0.4, 0.5) is 4.39 Å². The normalized spacial score (nSPS) is 11.3. The summed E-state index contributed by atoms with van der Waals surface area (Å²) in [6.45, 7) is 3.69. The molecule has 0 unspecified atom stereocenters. The van der Waals surface area contributed by atoms with Gasteiger partial charge in [0, 0.05) is 48.5 Å². The Hall–Kier alpha value is -2.92. The molecule has 26 heavy (non-hydrogen) atoms. The molecule has 0 aliphatic heterocycles. The highest BCUT2D eigenvalue weighted by Crippen LogP contribution is 2.30. The highest BCUT2D eigenvalue weighted by molar-refractivity contribution is 5.90. The minimum atomic E-state index is -0.218. The smallest absolute Gasteiger partial charge is 0.123 e. The molecule has 0 aliphatic rings. The fourth-order valence-electron chi connectivity index (χ4n) is 3.30. The van der Waals surface area contributed by atoms with Crippen molar-refractivity contribution in [3.05, 3.63) is 77.4 Å². The molecule has 0 amide bonds. The van der Waals surface area contributed by atoms with Crippen molar-refractivity contribution in [2.75, 3.05) is 0 Å². The molecule has 0 aliphatic carbocycles. The van der Waals surface area contributed by atoms with Gasteiger partial charge in [-0.1, -0.05) is 6.07 Å². The molecule has 132 valence electrons. The van der Waals surface area contributed by atoms with E-state index < -0.39 is 0 Å². The summed E-state index contributed by atoms with van der Waals surface area (Å²) in [6.07, 6.45) is 3.89. The van der Waals surface area contributed by atoms with Crippen LogP contribution in [0.2, 0.25) is 0 Å². The Morgan fingerprint density at radius 1 is 1.08 bits per heavy atom. The molecule has 0 atom stereocenters. The van der Waals surface area contributed by atoms with Crippen molar-refractivity contribution >= 4 is 10.9 Å². The zero-order valence-electron chi connectivity index (χ0n) is 14.9. The van der Waals surface area contributed by atoms with Crippen molar-refractivity contribution in [2.24, 2.45) is 7.05 Å². The summed E-state index contributed by atoms with van der Waals surface area (Å²) < 4.78 is 15.0. The van der Waals surface area contributed by atoms with E-state index in [4.69, 9.17) is 0 Å². The number of benzene rings is 2. The third-order valence-corrected chi connectivity index (χ3v) is 4.67. The van der Waals surface area contributed by atoms with Gasteiger partial charge in [-0.3, -0.25) is 4.68 Å². The Balaban J connectivity index is 1.54. The summed E-state index contributed by atoms with van der Waals surface area (Å²) in [6, 6.07) is 13.1. The second-order valence-electron chi connectivity index (χ2n) is 6.64. The number of hydrogen-bond donors (Lipinski definition) is 2. The molecule has 2 aromatic heterocycles. The largest absolute Gasteiger partial charge is 0.354 e. The third-order valence-electron chi connectivity index (χ3n) is 4.67. The number of aromatic amines is 1. The fourth-order valence-corrected chi connectivity index (χ4v) is 3.30. The first-order chi connectivity index (χ1) is 12.6. The molecule has 5 heteroatoms. The second kappa shape index (κ2) is 6.77. The molecular weight excluding hydrogens is 327 g/mol. The molecule has 0 saturated heterocycles. The van der Waals surface area contributed by atoms with Gasteiger partial charge >= 0.3 is 0 Å². The maximum Gasteiger partial charge on any atom is 0.123 e. The quantitative estimate of drug-likeness (QED) is 0.565. The van der Waals surface area contributed by atoms with Crippen molar-refractivity contribution in [1.29, 1.82) is 0 Å². The summed E-state index contributed by atoms with van der Waals surface area (Å²) in [7, 11) is 1.92. The Morgan fingerprint density at radius 3 is 2.58 bits per heavy atom. The molecule has 2 N–H and O–H groups in total. The van der Waals surface area contributed by atoms with Crippen LogP contribution in [0.15, 0.2) is 54.9 Å². The SMILES string of the molecule is Cc1c(-c2ccc(F)cc2)[nH]c2ccc(CNCc3cnn(C)c3)cc12. The van der Waals surface area contributed by atoms with Crippen molar-refractivity contribution in [3.63, 3.8) is 0 Å². The van der Waals surface area contributed by atoms with Crippen LogP contribution >= 0.6 is 0 Å². The predicted octanol–water partition coefficient (Wildman–Crippen LogP) is 4.31. The van der Waals surface area contributed by atoms with E-state index in [1.807, 2.05) is 36.3 Å². The van der Waals surface area contributed by atoms with E-state index in [9.17, 15) is 4.39 Å². The first-order valence-electron chi connectivity index (χ1n) is 8.65. The monoisotopic (exact) mass is 348 g/mol. The van der Waals surface area contributed by atoms with Gasteiger partial charge in [0.25, 0.3) is 0 Å². The van der Waals surface area contributed by atoms with Crippen LogP contribution in [-0.4, -0.2) is 14.8 Å². The van der Waals surface area contributed by atoms with Gasteiger partial charge in [-0.05, 0) is 60.0 Å². The maximum absolute atomic E-state index is 13.2. The first-order valence-corrected chi connectivity index (χ1v) is 8.65. The molecule has 4 nitrogen and oxygen atoms in total. The molecule has 2 aromatic carbocycles. The molecule has 4 aromatic rings. The van der Waals surface area contributed by atoms with Gasteiger partial charge in [0.15, 0.2) is 0 Å². The van der Waals surface area contributed by atoms with Gasteiger partial charge in [0.2, 0.25) is 0 Å². The maximum atomic E-state index is 13.2. The van der Waals surface area contributed by atoms with Gasteiger partial charge in [-0.15, -0.1) is 0 Å². The van der Waals surface area contributed by atoms with E-state index in [1.54, 1.807) is 0 Å². The highest BCUT2D eigenvalue weighted by atomic mass is 19.1. The number of aryl methyl sites for hydroxylation is 2. The van der Waals surface area contributed by atoms with Gasteiger partial charge in [-0.2, -0.15) is 5.10 Å². The number of fused-ring (bicyclic) bond motifs is 1. The van der Waals surface area contributed by atoms with Crippen LogP contribution in [0, 0.1) is 12.7 Å². The number of aromatic nitrogens is 3. The second-order valence-corrected chi connectivity index (χ2v) is 6.64. The molecule has 0 bridgehead atoms. The average molecular weight is 348 g/mol. The molecule has 0 radical (unpaired) electrons. The number of halogens is 1. The molecule has 0 spiro atoms. The van der Waals surface area contributed by atoms with Gasteiger partial charge < -0.3 is 10.3 Å². The van der Waals surface area contributed by atoms with Crippen LogP contribution in [0.25, 0.3) is 22.2 Å². The van der Waals surface area contributed by atoms with Crippen molar-refractivity contribution in [2.45, 2.75) is 20.0 Å². The third kappa shape index (κ3) is 3.26. The molecular formula is C21H21FN4. The number of rotatable bonds is 5. The lowest BCUT2D eigenvalue weighted by Crippen LogP contribution is -2.12. The van der Waals surface area contributed by atoms with E-state index in [-0.39, 0.29) is 5.82 Å². The molecule has 0 saturated carbocycles. The zero-order valence-corrected chi connectivity index (χ0v) is 14.9. The summed E-state index contributed by atoms with van der Waals surface area (Å²) >= 11 is 0. The summed E-state index contributed by atoms with van der Waals surface area (Å²) in [5, 5.41) is 8.83. The Labute approximate surface area is 151 Å². The molecule has 0 fully saturated rings. The highest BCUT2D eigenvalue weighted by Gasteiger charge is 2.10. The van der Waals surface area contributed by atoms with Gasteiger partial charge in [0.05, 0.1) is 6.20 Å². The van der Waals surface area contributed by atoms with Crippen LogP contribution in [0.3, 0.4) is 0 Å². The van der Waals surface area contributed by atoms with Crippen LogP contribution in [-0.2, 0) is 20.1 Å². The number of H-pyrrole nitrogens is 1. The molecule has 2 heterocycles. The van der Waals surface area contributed by atoms with E-state index in [0.717, 1.165) is 29.9 Å². The lowest BCUT2D eigenvalue weighted by Gasteiger charge is -2.04. The Morgan fingerprint density at radius 2 is 1.85 bits per heavy atom. The number of hydrogen-bond acceptors (Lipinski definition) is 2. The lowest BCUT2D eigenvalue weighted by molar-refractivity contribution is 0.628. The Kier molecular flexibility index (Phi) is 4.31. The van der Waals surface area contributed by atoms with E-state index >= 15 is 0 Å². The number of nitrogens with zero attached hydrogens (tertiary/aromatic N) is 2. The lowest BCUT2D eigenvalue weighted by atomic mass is 10.0. The summed E-state index contributed by atoms with van der Waals surface area (Å²) in [4.78, 5) is 3.46. The minimum absolute atomic E-state index is 0.218. The van der Waals surface area contributed by atoms with Crippen LogP contribution in [0.1, 0.15) is 16.7 Å². The fraction of sp³-hybridized carbons (Fsp3) is 0.190. The number of nitrogens with one attached hydrogen (secondary N) is 2. The van der Waals surface area contributed by atoms with Crippen LogP contribution < -0.4 is 5.32 Å². The van der Waals surface area contributed by atoms with Crippen LogP contribution in [0.5, 0.6) is 0 Å². The van der Waals surface area contributed by atoms with E-state index in [2.05, 4.69) is 40.5 Å². The predicted molar refractivity (Wildman–Crippen MR) is 102 cm³/mol. The van der Waals surface area contributed by atoms with E-state index in [1.165, 1.54) is 34.2 Å². The first kappa shape index (κ1) is 16.5.